The molecule has 1 saturated carbocycles. The molecular formula is C10H8BNO. The quantitative estimate of drug-likeness (QED) is 0.561. The number of hydrogen-bond donors (Lipinski definition) is 1. The molecule has 1 N–H and O–H groups in total. The molecule has 2 nitrogen and oxygen atoms in total. The van der Waals surface area contributed by atoms with Gasteiger partial charge in [-0.25, -0.2) is 0 Å². The molecule has 1 aromatic carbocycles. The Kier molecular flexibility index (Phi) is 1.09. The van der Waals surface area contributed by atoms with E-state index in [4.69, 9.17) is 7.85 Å². The van der Waals surface area contributed by atoms with Gasteiger partial charge in [-0.15, -0.1) is 0 Å². The lowest BCUT2D eigenvalue weighted by atomic mass is 9.83. The van der Waals surface area contributed by atoms with Crippen LogP contribution in [0.2, 0.25) is 0 Å². The maximum atomic E-state index is 11.6. The van der Waals surface area contributed by atoms with Gasteiger partial charge >= 0.3 is 0 Å². The van der Waals surface area contributed by atoms with Crippen molar-refractivity contribution in [2.45, 2.75) is 18.3 Å². The minimum Gasteiger partial charge on any atom is -0.325 e. The lowest BCUT2D eigenvalue weighted by Gasteiger charge is -2.07. The summed E-state index contributed by atoms with van der Waals surface area (Å²) in [5, 5.41) is 2.87. The number of rotatable bonds is 0. The summed E-state index contributed by atoms with van der Waals surface area (Å²) in [6.45, 7) is 0. The number of anilines is 1. The topological polar surface area (TPSA) is 29.1 Å². The second kappa shape index (κ2) is 1.98. The molecule has 1 amide bonds. The van der Waals surface area contributed by atoms with E-state index in [1.54, 1.807) is 0 Å². The molecule has 0 atom stereocenters. The Balaban J connectivity index is 2.30. The van der Waals surface area contributed by atoms with Crippen LogP contribution in [-0.4, -0.2) is 13.8 Å². The molecule has 1 heterocycles. The van der Waals surface area contributed by atoms with E-state index in [1.807, 2.05) is 18.2 Å². The average molecular weight is 169 g/mol. The fourth-order valence-electron chi connectivity index (χ4n) is 2.17. The van der Waals surface area contributed by atoms with E-state index in [-0.39, 0.29) is 11.3 Å². The van der Waals surface area contributed by atoms with Crippen molar-refractivity contribution >= 4 is 24.9 Å². The van der Waals surface area contributed by atoms with Gasteiger partial charge in [0.05, 0.1) is 5.41 Å². The predicted octanol–water partition coefficient (Wildman–Crippen LogP) is 0.464. The molecule has 1 aromatic rings. The van der Waals surface area contributed by atoms with Crippen molar-refractivity contribution in [1.82, 2.24) is 0 Å². The largest absolute Gasteiger partial charge is 0.325 e. The molecule has 0 aromatic heterocycles. The summed E-state index contributed by atoms with van der Waals surface area (Å²) < 4.78 is 0. The van der Waals surface area contributed by atoms with Crippen LogP contribution in [0.25, 0.3) is 0 Å². The number of carbonyl (C=O) groups excluding carboxylic acids is 1. The van der Waals surface area contributed by atoms with Crippen LogP contribution in [-0.2, 0) is 10.2 Å². The van der Waals surface area contributed by atoms with E-state index < -0.39 is 0 Å². The molecular weight excluding hydrogens is 161 g/mol. The zero-order valence-corrected chi connectivity index (χ0v) is 7.13. The summed E-state index contributed by atoms with van der Waals surface area (Å²) >= 11 is 0. The van der Waals surface area contributed by atoms with Crippen LogP contribution in [0.15, 0.2) is 18.2 Å². The molecule has 1 spiro atoms. The minimum absolute atomic E-state index is 0.125. The van der Waals surface area contributed by atoms with Gasteiger partial charge in [0.1, 0.15) is 7.85 Å². The zero-order chi connectivity index (χ0) is 9.05. The third kappa shape index (κ3) is 0.724. The van der Waals surface area contributed by atoms with Crippen molar-refractivity contribution in [2.75, 3.05) is 5.32 Å². The van der Waals surface area contributed by atoms with Crippen LogP contribution in [0.4, 0.5) is 5.69 Å². The highest BCUT2D eigenvalue weighted by Crippen LogP contribution is 2.54. The molecule has 3 rings (SSSR count). The summed E-state index contributed by atoms with van der Waals surface area (Å²) in [6, 6.07) is 5.64. The van der Waals surface area contributed by atoms with Crippen molar-refractivity contribution in [2.24, 2.45) is 0 Å². The van der Waals surface area contributed by atoms with Crippen LogP contribution in [0.3, 0.4) is 0 Å². The van der Waals surface area contributed by atoms with E-state index in [2.05, 4.69) is 5.32 Å². The number of nitrogens with one attached hydrogen (secondary N) is 1. The van der Waals surface area contributed by atoms with Crippen molar-refractivity contribution in [3.8, 4) is 0 Å². The fraction of sp³-hybridized carbons (Fsp3) is 0.300. The second-order valence-electron chi connectivity index (χ2n) is 3.81. The van der Waals surface area contributed by atoms with Crippen LogP contribution < -0.4 is 10.8 Å². The Bertz CT molecular complexity index is 409. The molecule has 62 valence electrons. The minimum atomic E-state index is -0.249. The summed E-state index contributed by atoms with van der Waals surface area (Å²) in [5.74, 6) is 0.125. The SMILES string of the molecule is [B]c1cccc2c1C1(CC1)C(=O)N2. The highest BCUT2D eigenvalue weighted by atomic mass is 16.2. The Morgan fingerprint density at radius 2 is 2.15 bits per heavy atom. The van der Waals surface area contributed by atoms with Gasteiger partial charge in [0, 0.05) is 5.69 Å². The molecule has 0 bridgehead atoms. The second-order valence-corrected chi connectivity index (χ2v) is 3.81. The molecule has 1 aliphatic heterocycles. The normalized spacial score (nSPS) is 21.4. The monoisotopic (exact) mass is 169 g/mol. The van der Waals surface area contributed by atoms with Crippen molar-refractivity contribution in [3.05, 3.63) is 23.8 Å². The first-order valence-corrected chi connectivity index (χ1v) is 4.44. The van der Waals surface area contributed by atoms with Crippen LogP contribution in [0, 0.1) is 0 Å². The lowest BCUT2D eigenvalue weighted by Crippen LogP contribution is -2.23. The Morgan fingerprint density at radius 1 is 1.38 bits per heavy atom. The average Bonchev–Trinajstić information content (AvgIpc) is 2.79. The van der Waals surface area contributed by atoms with Gasteiger partial charge in [-0.3, -0.25) is 4.79 Å². The van der Waals surface area contributed by atoms with E-state index >= 15 is 0 Å². The number of carbonyl (C=O) groups is 1. The van der Waals surface area contributed by atoms with E-state index in [0.29, 0.717) is 0 Å². The van der Waals surface area contributed by atoms with Gasteiger partial charge in [-0.1, -0.05) is 17.6 Å². The summed E-state index contributed by atoms with van der Waals surface area (Å²) in [4.78, 5) is 11.6. The van der Waals surface area contributed by atoms with Crippen molar-refractivity contribution in [3.63, 3.8) is 0 Å². The van der Waals surface area contributed by atoms with Crippen LogP contribution >= 0.6 is 0 Å². The predicted molar refractivity (Wildman–Crippen MR) is 51.4 cm³/mol. The Labute approximate surface area is 77.7 Å². The smallest absolute Gasteiger partial charge is 0.235 e. The van der Waals surface area contributed by atoms with Crippen molar-refractivity contribution < 1.29 is 4.79 Å². The number of amides is 1. The van der Waals surface area contributed by atoms with Crippen LogP contribution in [0.5, 0.6) is 0 Å². The molecule has 2 aliphatic rings. The first-order valence-electron chi connectivity index (χ1n) is 4.44. The van der Waals surface area contributed by atoms with Crippen molar-refractivity contribution in [1.29, 1.82) is 0 Å². The zero-order valence-electron chi connectivity index (χ0n) is 7.13. The van der Waals surface area contributed by atoms with Gasteiger partial charge in [-0.05, 0) is 24.5 Å². The third-order valence-corrected chi connectivity index (χ3v) is 3.01. The first-order chi connectivity index (χ1) is 6.24. The van der Waals surface area contributed by atoms with E-state index in [9.17, 15) is 4.79 Å². The molecule has 0 unspecified atom stereocenters. The van der Waals surface area contributed by atoms with Gasteiger partial charge in [-0.2, -0.15) is 0 Å². The number of benzene rings is 1. The first kappa shape index (κ1) is 7.19. The Morgan fingerprint density at radius 3 is 2.85 bits per heavy atom. The van der Waals surface area contributed by atoms with Gasteiger partial charge < -0.3 is 5.32 Å². The van der Waals surface area contributed by atoms with Gasteiger partial charge in [0.2, 0.25) is 5.91 Å². The summed E-state index contributed by atoms with van der Waals surface area (Å²) in [7, 11) is 5.86. The van der Waals surface area contributed by atoms with E-state index in [1.165, 1.54) is 0 Å². The highest BCUT2D eigenvalue weighted by Gasteiger charge is 2.56. The molecule has 1 aliphatic carbocycles. The fourth-order valence-corrected chi connectivity index (χ4v) is 2.17. The maximum Gasteiger partial charge on any atom is 0.235 e. The lowest BCUT2D eigenvalue weighted by molar-refractivity contribution is -0.117. The standard InChI is InChI=1S/C10H8BNO/c11-6-2-1-3-7-8(6)10(4-5-10)9(13)12-7/h1-3H,4-5H2,(H,12,13). The molecule has 1 fully saturated rings. The Hall–Kier alpha value is -1.25. The molecule has 0 saturated heterocycles. The summed E-state index contributed by atoms with van der Waals surface area (Å²) in [5.41, 5.74) is 2.43. The van der Waals surface area contributed by atoms with Gasteiger partial charge in [0.15, 0.2) is 0 Å². The van der Waals surface area contributed by atoms with E-state index in [0.717, 1.165) is 29.6 Å². The molecule has 13 heavy (non-hydrogen) atoms. The third-order valence-electron chi connectivity index (χ3n) is 3.01. The van der Waals surface area contributed by atoms with Gasteiger partial charge in [0.25, 0.3) is 0 Å². The van der Waals surface area contributed by atoms with Crippen LogP contribution in [0.1, 0.15) is 18.4 Å². The maximum absolute atomic E-state index is 11.6. The summed E-state index contributed by atoms with van der Waals surface area (Å²) in [6.07, 6.45) is 1.89. The number of hydrogen-bond acceptors (Lipinski definition) is 1. The highest BCUT2D eigenvalue weighted by molar-refractivity contribution is 6.35. The number of fused-ring (bicyclic) bond motifs is 2. The molecule has 3 heteroatoms. The molecule has 2 radical (unpaired) electrons.